The summed E-state index contributed by atoms with van der Waals surface area (Å²) in [6.45, 7) is 3.91. The van der Waals surface area contributed by atoms with Crippen molar-refractivity contribution in [3.05, 3.63) is 24.3 Å². The molecule has 0 heteroatoms. The van der Waals surface area contributed by atoms with E-state index in [-0.39, 0.29) is 0 Å². The van der Waals surface area contributed by atoms with E-state index in [1.807, 2.05) is 0 Å². The first-order valence-electron chi connectivity index (χ1n) is 6.70. The van der Waals surface area contributed by atoms with E-state index in [1.54, 1.807) is 5.57 Å². The highest BCUT2D eigenvalue weighted by atomic mass is 14.2. The van der Waals surface area contributed by atoms with E-state index in [9.17, 15) is 0 Å². The normalized spacial score (nSPS) is 32.4. The van der Waals surface area contributed by atoms with Crippen LogP contribution in [0, 0.1) is 11.8 Å². The van der Waals surface area contributed by atoms with Crippen LogP contribution in [0.1, 0.15) is 57.8 Å². The molecule has 0 aromatic carbocycles. The number of rotatable bonds is 2. The maximum atomic E-state index is 3.91. The number of hydrogen-bond acceptors (Lipinski definition) is 0. The number of hydrogen-bond donors (Lipinski definition) is 0. The highest BCUT2D eigenvalue weighted by Gasteiger charge is 2.18. The molecule has 2 saturated carbocycles. The molecule has 84 valence electrons. The molecule has 0 N–H and O–H groups in total. The van der Waals surface area contributed by atoms with Crippen molar-refractivity contribution in [3.8, 4) is 0 Å². The van der Waals surface area contributed by atoms with Crippen LogP contribution in [0.5, 0.6) is 0 Å². The lowest BCUT2D eigenvalue weighted by Gasteiger charge is -2.26. The second kappa shape index (κ2) is 5.53. The molecular formula is C15H24. The summed E-state index contributed by atoms with van der Waals surface area (Å²) in [7, 11) is 0. The molecule has 2 aliphatic rings. The van der Waals surface area contributed by atoms with E-state index >= 15 is 0 Å². The minimum absolute atomic E-state index is 0.811. The van der Waals surface area contributed by atoms with Gasteiger partial charge in [-0.15, -0.1) is 6.58 Å². The molecule has 0 atom stereocenters. The summed E-state index contributed by atoms with van der Waals surface area (Å²) in [5.41, 5.74) is 1.77. The molecule has 15 heavy (non-hydrogen) atoms. The summed E-state index contributed by atoms with van der Waals surface area (Å²) in [6, 6.07) is 0. The predicted molar refractivity (Wildman–Crippen MR) is 66.8 cm³/mol. The van der Waals surface area contributed by atoms with Gasteiger partial charge in [-0.25, -0.2) is 0 Å². The van der Waals surface area contributed by atoms with Crippen LogP contribution in [-0.2, 0) is 0 Å². The van der Waals surface area contributed by atoms with Gasteiger partial charge in [0.2, 0.25) is 0 Å². The van der Waals surface area contributed by atoms with Crippen LogP contribution in [0.2, 0.25) is 0 Å². The summed E-state index contributed by atoms with van der Waals surface area (Å²) < 4.78 is 0. The Morgan fingerprint density at radius 1 is 0.867 bits per heavy atom. The molecule has 0 spiro atoms. The maximum Gasteiger partial charge on any atom is -0.0230 e. The van der Waals surface area contributed by atoms with Crippen molar-refractivity contribution in [2.45, 2.75) is 57.8 Å². The van der Waals surface area contributed by atoms with Gasteiger partial charge in [-0.2, -0.15) is 0 Å². The van der Waals surface area contributed by atoms with E-state index in [0.717, 1.165) is 11.8 Å². The third kappa shape index (κ3) is 3.22. The summed E-state index contributed by atoms with van der Waals surface area (Å²) in [6.07, 6.45) is 17.4. The van der Waals surface area contributed by atoms with E-state index in [4.69, 9.17) is 0 Å². The molecule has 0 amide bonds. The number of allylic oxidation sites excluding steroid dienone is 3. The van der Waals surface area contributed by atoms with Crippen molar-refractivity contribution in [3.63, 3.8) is 0 Å². The topological polar surface area (TPSA) is 0 Å². The van der Waals surface area contributed by atoms with Gasteiger partial charge in [0, 0.05) is 0 Å². The molecule has 0 aromatic heterocycles. The van der Waals surface area contributed by atoms with Crippen LogP contribution in [0.25, 0.3) is 0 Å². The summed E-state index contributed by atoms with van der Waals surface area (Å²) >= 11 is 0. The lowest BCUT2D eigenvalue weighted by atomic mass is 9.80. The Bertz CT molecular complexity index is 220. The third-order valence-corrected chi connectivity index (χ3v) is 4.12. The van der Waals surface area contributed by atoms with Gasteiger partial charge in [-0.3, -0.25) is 0 Å². The zero-order valence-electron chi connectivity index (χ0n) is 9.88. The average Bonchev–Trinajstić information content (AvgIpc) is 2.31. The second-order valence-corrected chi connectivity index (χ2v) is 5.30. The van der Waals surface area contributed by atoms with Crippen LogP contribution >= 0.6 is 0 Å². The molecule has 2 aliphatic carbocycles. The monoisotopic (exact) mass is 204 g/mol. The van der Waals surface area contributed by atoms with Crippen molar-refractivity contribution in [2.75, 3.05) is 0 Å². The van der Waals surface area contributed by atoms with Crippen molar-refractivity contribution >= 4 is 0 Å². The molecule has 0 saturated heterocycles. The zero-order chi connectivity index (χ0) is 10.5. The van der Waals surface area contributed by atoms with Gasteiger partial charge in [0.15, 0.2) is 0 Å². The lowest BCUT2D eigenvalue weighted by Crippen LogP contribution is -2.12. The molecule has 0 unspecified atom stereocenters. The second-order valence-electron chi connectivity index (χ2n) is 5.30. The Labute approximate surface area is 94.5 Å². The molecular weight excluding hydrogens is 180 g/mol. The van der Waals surface area contributed by atoms with E-state index < -0.39 is 0 Å². The van der Waals surface area contributed by atoms with Crippen molar-refractivity contribution < 1.29 is 0 Å². The zero-order valence-corrected chi connectivity index (χ0v) is 9.88. The fourth-order valence-electron chi connectivity index (χ4n) is 3.05. The van der Waals surface area contributed by atoms with Gasteiger partial charge >= 0.3 is 0 Å². The Balaban J connectivity index is 1.82. The van der Waals surface area contributed by atoms with Crippen LogP contribution in [0.15, 0.2) is 24.3 Å². The molecule has 0 radical (unpaired) electrons. The first-order chi connectivity index (χ1) is 7.38. The molecule has 2 rings (SSSR count). The standard InChI is InChI=1S/C15H24/c1-2-13-8-10-15(11-9-13)12-14-6-4-3-5-7-14/h2,12-13,15H,1,3-11H2. The highest BCUT2D eigenvalue weighted by Crippen LogP contribution is 2.33. The largest absolute Gasteiger partial charge is 0.103 e. The summed E-state index contributed by atoms with van der Waals surface area (Å²) in [5.74, 6) is 1.71. The quantitative estimate of drug-likeness (QED) is 0.563. The van der Waals surface area contributed by atoms with Gasteiger partial charge in [0.1, 0.15) is 0 Å². The van der Waals surface area contributed by atoms with Crippen molar-refractivity contribution in [1.29, 1.82) is 0 Å². The summed E-state index contributed by atoms with van der Waals surface area (Å²) in [4.78, 5) is 0. The van der Waals surface area contributed by atoms with Gasteiger partial charge in [0.05, 0.1) is 0 Å². The minimum atomic E-state index is 0.811. The molecule has 0 nitrogen and oxygen atoms in total. The highest BCUT2D eigenvalue weighted by molar-refractivity contribution is 5.07. The lowest BCUT2D eigenvalue weighted by molar-refractivity contribution is 0.354. The Kier molecular flexibility index (Phi) is 4.05. The fourth-order valence-corrected chi connectivity index (χ4v) is 3.05. The predicted octanol–water partition coefficient (Wildman–Crippen LogP) is 4.87. The molecule has 0 heterocycles. The Morgan fingerprint density at radius 2 is 1.47 bits per heavy atom. The molecule has 0 bridgehead atoms. The van der Waals surface area contributed by atoms with Gasteiger partial charge in [-0.05, 0) is 63.2 Å². The van der Waals surface area contributed by atoms with Crippen LogP contribution in [0.4, 0.5) is 0 Å². The van der Waals surface area contributed by atoms with Gasteiger partial charge in [-0.1, -0.05) is 24.1 Å². The average molecular weight is 204 g/mol. The molecule has 0 aliphatic heterocycles. The van der Waals surface area contributed by atoms with Crippen LogP contribution < -0.4 is 0 Å². The fraction of sp³-hybridized carbons (Fsp3) is 0.733. The smallest absolute Gasteiger partial charge is 0.0230 e. The minimum Gasteiger partial charge on any atom is -0.103 e. The molecule has 0 aromatic rings. The Hall–Kier alpha value is -0.520. The first kappa shape index (κ1) is 11.0. The first-order valence-corrected chi connectivity index (χ1v) is 6.70. The van der Waals surface area contributed by atoms with Crippen molar-refractivity contribution in [1.82, 2.24) is 0 Å². The van der Waals surface area contributed by atoms with E-state index in [0.29, 0.717) is 0 Å². The van der Waals surface area contributed by atoms with Crippen LogP contribution in [0.3, 0.4) is 0 Å². The molecule has 2 fully saturated rings. The van der Waals surface area contributed by atoms with Gasteiger partial charge < -0.3 is 0 Å². The van der Waals surface area contributed by atoms with Gasteiger partial charge in [0.25, 0.3) is 0 Å². The van der Waals surface area contributed by atoms with E-state index in [2.05, 4.69) is 18.7 Å². The Morgan fingerprint density at radius 3 is 2.07 bits per heavy atom. The van der Waals surface area contributed by atoms with Crippen molar-refractivity contribution in [2.24, 2.45) is 11.8 Å². The van der Waals surface area contributed by atoms with E-state index in [1.165, 1.54) is 57.8 Å². The SMILES string of the molecule is C=CC1CCC(C=C2CCCCC2)CC1. The maximum absolute atomic E-state index is 3.91. The third-order valence-electron chi connectivity index (χ3n) is 4.12. The van der Waals surface area contributed by atoms with Crippen LogP contribution in [-0.4, -0.2) is 0 Å². The summed E-state index contributed by atoms with van der Waals surface area (Å²) in [5, 5.41) is 0.